The highest BCUT2D eigenvalue weighted by molar-refractivity contribution is 6.08. The Morgan fingerprint density at radius 1 is 0.674 bits per heavy atom. The van der Waals surface area contributed by atoms with Gasteiger partial charge in [0.25, 0.3) is 0 Å². The van der Waals surface area contributed by atoms with Crippen LogP contribution in [-0.2, 0) is 11.0 Å². The Morgan fingerprint density at radius 2 is 1.26 bits per heavy atom. The van der Waals surface area contributed by atoms with Crippen molar-refractivity contribution in [2.75, 3.05) is 28.4 Å². The van der Waals surface area contributed by atoms with E-state index in [2.05, 4.69) is 44.2 Å². The van der Waals surface area contributed by atoms with Crippen LogP contribution in [0.3, 0.4) is 0 Å². The zero-order valence-electron chi connectivity index (χ0n) is 27.0. The van der Waals surface area contributed by atoms with E-state index in [1.54, 1.807) is 40.6 Å². The first kappa shape index (κ1) is 29.7. The lowest BCUT2D eigenvalue weighted by molar-refractivity contribution is 0.162. The molecule has 5 nitrogen and oxygen atoms in total. The highest BCUT2D eigenvalue weighted by Gasteiger charge is 2.47. The van der Waals surface area contributed by atoms with Gasteiger partial charge in [0.15, 0.2) is 28.6 Å². The first-order valence-electron chi connectivity index (χ1n) is 15.6. The van der Waals surface area contributed by atoms with Crippen molar-refractivity contribution in [3.63, 3.8) is 0 Å². The number of halogens is 1. The molecule has 0 unspecified atom stereocenters. The molecule has 0 N–H and O–H groups in total. The topological polar surface area (TPSA) is 46.2 Å². The van der Waals surface area contributed by atoms with Crippen molar-refractivity contribution in [1.29, 1.82) is 0 Å². The number of methoxy groups -OCH3 is 4. The standard InChI is InChI=1S/C40H37FO5/c1-7-39(8-2)31-23-26(41)15-16-29(31)36-27-11-9-10-12-28(27)38-30(37(36)39)19-20-40(46-38,24-13-17-32(42-3)34(21-24)44-5)25-14-18-33(43-4)35(22-25)45-6/h9-23H,7-8H2,1-6H3. The van der Waals surface area contributed by atoms with Crippen LogP contribution < -0.4 is 23.7 Å². The van der Waals surface area contributed by atoms with Crippen LogP contribution in [0, 0.1) is 5.82 Å². The summed E-state index contributed by atoms with van der Waals surface area (Å²) in [6.45, 7) is 4.39. The molecule has 1 heterocycles. The highest BCUT2D eigenvalue weighted by Crippen LogP contribution is 2.60. The molecule has 46 heavy (non-hydrogen) atoms. The van der Waals surface area contributed by atoms with E-state index in [4.69, 9.17) is 23.7 Å². The van der Waals surface area contributed by atoms with Crippen LogP contribution in [0.5, 0.6) is 28.7 Å². The average molecular weight is 617 g/mol. The number of benzene rings is 5. The molecule has 0 bridgehead atoms. The molecule has 7 rings (SSSR count). The zero-order valence-corrected chi connectivity index (χ0v) is 27.0. The molecule has 0 radical (unpaired) electrons. The molecule has 2 aliphatic rings. The third-order valence-corrected chi connectivity index (χ3v) is 10.0. The minimum absolute atomic E-state index is 0.219. The second-order valence-corrected chi connectivity index (χ2v) is 11.8. The molecular weight excluding hydrogens is 579 g/mol. The van der Waals surface area contributed by atoms with E-state index < -0.39 is 5.60 Å². The Balaban J connectivity index is 1.57. The second-order valence-electron chi connectivity index (χ2n) is 11.8. The van der Waals surface area contributed by atoms with Gasteiger partial charge in [0.2, 0.25) is 0 Å². The Morgan fingerprint density at radius 3 is 1.83 bits per heavy atom. The molecule has 0 spiro atoms. The third kappa shape index (κ3) is 4.05. The molecule has 0 atom stereocenters. The predicted molar refractivity (Wildman–Crippen MR) is 180 cm³/mol. The first-order chi connectivity index (χ1) is 22.4. The molecule has 0 saturated heterocycles. The Hall–Kier alpha value is -4.97. The van der Waals surface area contributed by atoms with Gasteiger partial charge >= 0.3 is 0 Å². The first-order valence-corrected chi connectivity index (χ1v) is 15.6. The Labute approximate surface area is 269 Å². The molecule has 6 heteroatoms. The Bertz CT molecular complexity index is 1970. The van der Waals surface area contributed by atoms with E-state index in [0.29, 0.717) is 23.0 Å². The third-order valence-electron chi connectivity index (χ3n) is 10.0. The van der Waals surface area contributed by atoms with Crippen molar-refractivity contribution < 1.29 is 28.1 Å². The van der Waals surface area contributed by atoms with Crippen LogP contribution >= 0.6 is 0 Å². The minimum atomic E-state index is -1.07. The van der Waals surface area contributed by atoms with E-state index in [9.17, 15) is 4.39 Å². The summed E-state index contributed by atoms with van der Waals surface area (Å²) in [6.07, 6.45) is 5.95. The maximum absolute atomic E-state index is 14.9. The summed E-state index contributed by atoms with van der Waals surface area (Å²) < 4.78 is 45.0. The lowest BCUT2D eigenvalue weighted by atomic mass is 9.71. The number of rotatable bonds is 8. The lowest BCUT2D eigenvalue weighted by Crippen LogP contribution is -2.35. The smallest absolute Gasteiger partial charge is 0.178 e. The molecule has 0 aromatic heterocycles. The maximum atomic E-state index is 14.9. The molecular formula is C40H37FO5. The van der Waals surface area contributed by atoms with Gasteiger partial charge in [-0.3, -0.25) is 0 Å². The van der Waals surface area contributed by atoms with Crippen LogP contribution in [0.1, 0.15) is 54.5 Å². The molecule has 1 aliphatic heterocycles. The van der Waals surface area contributed by atoms with Crippen LogP contribution in [0.25, 0.3) is 28.0 Å². The number of ether oxygens (including phenoxy) is 5. The van der Waals surface area contributed by atoms with Crippen LogP contribution in [0.4, 0.5) is 4.39 Å². The molecule has 0 fully saturated rings. The summed E-state index contributed by atoms with van der Waals surface area (Å²) in [5.41, 5.74) is 5.76. The number of fused-ring (bicyclic) bond motifs is 8. The van der Waals surface area contributed by atoms with Crippen molar-refractivity contribution in [3.05, 3.63) is 119 Å². The molecule has 1 aliphatic carbocycles. The van der Waals surface area contributed by atoms with Gasteiger partial charge in [-0.05, 0) is 83.0 Å². The summed E-state index contributed by atoms with van der Waals surface area (Å²) in [4.78, 5) is 0. The minimum Gasteiger partial charge on any atom is -0.493 e. The second kappa shape index (κ2) is 11.1. The van der Waals surface area contributed by atoms with Crippen LogP contribution in [0.15, 0.2) is 84.9 Å². The zero-order chi connectivity index (χ0) is 32.2. The lowest BCUT2D eigenvalue weighted by Gasteiger charge is -2.39. The summed E-state index contributed by atoms with van der Waals surface area (Å²) in [5.74, 6) is 2.99. The predicted octanol–water partition coefficient (Wildman–Crippen LogP) is 9.45. The van der Waals surface area contributed by atoms with Crippen molar-refractivity contribution >= 4 is 16.8 Å². The van der Waals surface area contributed by atoms with Gasteiger partial charge in [-0.2, -0.15) is 0 Å². The largest absolute Gasteiger partial charge is 0.493 e. The number of hydrogen-bond donors (Lipinski definition) is 0. The van der Waals surface area contributed by atoms with Gasteiger partial charge in [-0.1, -0.05) is 62.4 Å². The maximum Gasteiger partial charge on any atom is 0.178 e. The SMILES string of the molecule is CCC1(CC)c2cc(F)ccc2-c2c1c1c(c3ccccc23)OC(c2ccc(OC)c(OC)c2)(c2ccc(OC)c(OC)c2)C=C1. The van der Waals surface area contributed by atoms with E-state index >= 15 is 0 Å². The quantitative estimate of drug-likeness (QED) is 0.174. The van der Waals surface area contributed by atoms with Crippen molar-refractivity contribution in [2.24, 2.45) is 0 Å². The van der Waals surface area contributed by atoms with Crippen LogP contribution in [0.2, 0.25) is 0 Å². The van der Waals surface area contributed by atoms with E-state index in [1.807, 2.05) is 48.5 Å². The average Bonchev–Trinajstić information content (AvgIpc) is 3.40. The summed E-state index contributed by atoms with van der Waals surface area (Å²) >= 11 is 0. The van der Waals surface area contributed by atoms with Gasteiger partial charge in [-0.15, -0.1) is 0 Å². The van der Waals surface area contributed by atoms with E-state index in [0.717, 1.165) is 62.7 Å². The van der Waals surface area contributed by atoms with Gasteiger partial charge < -0.3 is 23.7 Å². The fourth-order valence-electron chi connectivity index (χ4n) is 7.73. The van der Waals surface area contributed by atoms with Crippen LogP contribution in [-0.4, -0.2) is 28.4 Å². The van der Waals surface area contributed by atoms with Gasteiger partial charge in [0.05, 0.1) is 28.4 Å². The molecule has 5 aromatic rings. The summed E-state index contributed by atoms with van der Waals surface area (Å²) in [7, 11) is 6.51. The molecule has 5 aromatic carbocycles. The van der Waals surface area contributed by atoms with E-state index in [-0.39, 0.29) is 11.2 Å². The van der Waals surface area contributed by atoms with Gasteiger partial charge in [0, 0.05) is 27.5 Å². The molecule has 0 amide bonds. The van der Waals surface area contributed by atoms with Gasteiger partial charge in [-0.25, -0.2) is 4.39 Å². The summed E-state index contributed by atoms with van der Waals surface area (Å²) in [5, 5.41) is 2.07. The van der Waals surface area contributed by atoms with Crippen molar-refractivity contribution in [1.82, 2.24) is 0 Å². The monoisotopic (exact) mass is 616 g/mol. The molecule has 234 valence electrons. The van der Waals surface area contributed by atoms with Crippen molar-refractivity contribution in [2.45, 2.75) is 37.7 Å². The van der Waals surface area contributed by atoms with E-state index in [1.165, 1.54) is 5.56 Å². The fourth-order valence-corrected chi connectivity index (χ4v) is 7.73. The van der Waals surface area contributed by atoms with Gasteiger partial charge in [0.1, 0.15) is 11.6 Å². The normalized spacial score (nSPS) is 15.0. The highest BCUT2D eigenvalue weighted by atomic mass is 19.1. The Kier molecular flexibility index (Phi) is 7.19. The van der Waals surface area contributed by atoms with Crippen molar-refractivity contribution in [3.8, 4) is 39.9 Å². The molecule has 0 saturated carbocycles. The summed E-state index contributed by atoms with van der Waals surface area (Å²) in [6, 6.07) is 25.3. The fraction of sp³-hybridized carbons (Fsp3) is 0.250. The number of hydrogen-bond acceptors (Lipinski definition) is 5.